The Bertz CT molecular complexity index is 1420. The van der Waals surface area contributed by atoms with Crippen molar-refractivity contribution in [1.82, 2.24) is 15.0 Å². The number of hydrogen-bond acceptors (Lipinski definition) is 6. The number of piperidine rings is 1. The number of nitrogens with zero attached hydrogens (tertiary/aromatic N) is 5. The van der Waals surface area contributed by atoms with Gasteiger partial charge in [-0.05, 0) is 75.1 Å². The summed E-state index contributed by atoms with van der Waals surface area (Å²) in [7, 11) is 0. The van der Waals surface area contributed by atoms with Gasteiger partial charge in [0.2, 0.25) is 0 Å². The van der Waals surface area contributed by atoms with Crippen LogP contribution in [0.25, 0.3) is 16.7 Å². The van der Waals surface area contributed by atoms with Gasteiger partial charge in [-0.15, -0.1) is 10.2 Å². The lowest BCUT2D eigenvalue weighted by atomic mass is 10.1. The normalized spacial score (nSPS) is 13.7. The maximum atomic E-state index is 13.0. The molecule has 0 atom stereocenters. The van der Waals surface area contributed by atoms with Crippen molar-refractivity contribution < 1.29 is 9.72 Å². The van der Waals surface area contributed by atoms with E-state index in [0.717, 1.165) is 49.2 Å². The van der Waals surface area contributed by atoms with Crippen LogP contribution in [0.1, 0.15) is 40.7 Å². The molecule has 0 radical (unpaired) electrons. The SMILES string of the molecule is Cc1ccc(-n2nc3cc(C)c(NC(=O)c4ccc(N5CCCCC5)c([N+](=O)[O-])c4)cc3n2)cc1. The number of rotatable bonds is 5. The van der Waals surface area contributed by atoms with Gasteiger partial charge in [-0.2, -0.15) is 4.80 Å². The van der Waals surface area contributed by atoms with Gasteiger partial charge in [-0.3, -0.25) is 14.9 Å². The second-order valence-electron chi connectivity index (χ2n) is 8.94. The number of anilines is 2. The molecule has 35 heavy (non-hydrogen) atoms. The third-order valence-electron chi connectivity index (χ3n) is 6.37. The van der Waals surface area contributed by atoms with Crippen LogP contribution in [0.2, 0.25) is 0 Å². The fraction of sp³-hybridized carbons (Fsp3) is 0.269. The van der Waals surface area contributed by atoms with Crippen LogP contribution in [0.5, 0.6) is 0 Å². The first-order valence-electron chi connectivity index (χ1n) is 11.7. The molecular weight excluding hydrogens is 444 g/mol. The largest absolute Gasteiger partial charge is 0.366 e. The van der Waals surface area contributed by atoms with Crippen LogP contribution in [0.4, 0.5) is 17.1 Å². The van der Waals surface area contributed by atoms with Gasteiger partial charge in [-0.25, -0.2) is 0 Å². The summed E-state index contributed by atoms with van der Waals surface area (Å²) in [5.41, 5.74) is 5.50. The molecule has 0 spiro atoms. The number of benzene rings is 3. The number of nitrogens with one attached hydrogen (secondary N) is 1. The zero-order chi connectivity index (χ0) is 24.5. The van der Waals surface area contributed by atoms with E-state index in [1.54, 1.807) is 23.0 Å². The van der Waals surface area contributed by atoms with E-state index < -0.39 is 10.8 Å². The fourth-order valence-electron chi connectivity index (χ4n) is 4.40. The Hall–Kier alpha value is -4.27. The van der Waals surface area contributed by atoms with Crippen LogP contribution in [-0.4, -0.2) is 38.9 Å². The standard InChI is InChI=1S/C26H26N6O3/c1-17-6-9-20(10-7-17)31-28-22-14-18(2)21(16-23(22)29-31)27-26(33)19-8-11-24(25(15-19)32(34)35)30-12-4-3-5-13-30/h6-11,14-16H,3-5,12-13H2,1-2H3,(H,27,33). The molecule has 4 aromatic rings. The van der Waals surface area contributed by atoms with E-state index in [1.807, 2.05) is 49.1 Å². The van der Waals surface area contributed by atoms with E-state index in [2.05, 4.69) is 15.5 Å². The Kier molecular flexibility index (Phi) is 5.90. The van der Waals surface area contributed by atoms with Crippen molar-refractivity contribution in [3.8, 4) is 5.69 Å². The first-order valence-corrected chi connectivity index (χ1v) is 11.7. The van der Waals surface area contributed by atoms with E-state index in [9.17, 15) is 14.9 Å². The lowest BCUT2D eigenvalue weighted by Crippen LogP contribution is -2.30. The highest BCUT2D eigenvalue weighted by Gasteiger charge is 2.23. The summed E-state index contributed by atoms with van der Waals surface area (Å²) in [5.74, 6) is -0.410. The molecule has 0 saturated carbocycles. The zero-order valence-corrected chi connectivity index (χ0v) is 19.7. The second-order valence-corrected chi connectivity index (χ2v) is 8.94. The third kappa shape index (κ3) is 4.57. The molecule has 1 amide bonds. The summed E-state index contributed by atoms with van der Waals surface area (Å²) < 4.78 is 0. The zero-order valence-electron chi connectivity index (χ0n) is 19.7. The molecule has 9 nitrogen and oxygen atoms in total. The number of amides is 1. The first-order chi connectivity index (χ1) is 16.9. The van der Waals surface area contributed by atoms with Crippen molar-refractivity contribution in [2.75, 3.05) is 23.3 Å². The van der Waals surface area contributed by atoms with Gasteiger partial charge in [0.15, 0.2) is 0 Å². The van der Waals surface area contributed by atoms with Crippen LogP contribution >= 0.6 is 0 Å². The highest BCUT2D eigenvalue weighted by atomic mass is 16.6. The lowest BCUT2D eigenvalue weighted by Gasteiger charge is -2.28. The van der Waals surface area contributed by atoms with Gasteiger partial charge < -0.3 is 10.2 Å². The van der Waals surface area contributed by atoms with Crippen molar-refractivity contribution >= 4 is 34.0 Å². The van der Waals surface area contributed by atoms with Crippen LogP contribution in [0.3, 0.4) is 0 Å². The Morgan fingerprint density at radius 3 is 2.31 bits per heavy atom. The second kappa shape index (κ2) is 9.17. The van der Waals surface area contributed by atoms with Crippen molar-refractivity contribution in [2.45, 2.75) is 33.1 Å². The van der Waals surface area contributed by atoms with Gasteiger partial charge in [-0.1, -0.05) is 17.7 Å². The Morgan fingerprint density at radius 1 is 0.943 bits per heavy atom. The average molecular weight is 471 g/mol. The number of hydrogen-bond donors (Lipinski definition) is 1. The van der Waals surface area contributed by atoms with E-state index >= 15 is 0 Å². The molecule has 5 rings (SSSR count). The smallest absolute Gasteiger partial charge is 0.293 e. The molecule has 2 heterocycles. The van der Waals surface area contributed by atoms with Crippen LogP contribution in [0.15, 0.2) is 54.6 Å². The quantitative estimate of drug-likeness (QED) is 0.318. The molecule has 0 aliphatic carbocycles. The first kappa shape index (κ1) is 22.5. The van der Waals surface area contributed by atoms with Crippen molar-refractivity contribution in [3.05, 3.63) is 81.4 Å². The number of aryl methyl sites for hydroxylation is 2. The van der Waals surface area contributed by atoms with Crippen LogP contribution < -0.4 is 10.2 Å². The van der Waals surface area contributed by atoms with Gasteiger partial charge >= 0.3 is 0 Å². The van der Waals surface area contributed by atoms with E-state index in [1.165, 1.54) is 6.07 Å². The summed E-state index contributed by atoms with van der Waals surface area (Å²) in [6.45, 7) is 5.47. The third-order valence-corrected chi connectivity index (χ3v) is 6.37. The summed E-state index contributed by atoms with van der Waals surface area (Å²) in [6, 6.07) is 16.2. The molecule has 1 aliphatic heterocycles. The number of fused-ring (bicyclic) bond motifs is 1. The van der Waals surface area contributed by atoms with Crippen molar-refractivity contribution in [1.29, 1.82) is 0 Å². The van der Waals surface area contributed by atoms with E-state index in [-0.39, 0.29) is 11.3 Å². The van der Waals surface area contributed by atoms with E-state index in [0.29, 0.717) is 22.4 Å². The predicted octanol–water partition coefficient (Wildman–Crippen LogP) is 5.19. The minimum atomic E-state index is -0.415. The molecule has 0 bridgehead atoms. The number of aromatic nitrogens is 3. The number of carbonyl (C=O) groups is 1. The molecule has 0 unspecified atom stereocenters. The highest BCUT2D eigenvalue weighted by molar-refractivity contribution is 6.06. The molecular formula is C26H26N6O3. The lowest BCUT2D eigenvalue weighted by molar-refractivity contribution is -0.384. The predicted molar refractivity (Wildman–Crippen MR) is 135 cm³/mol. The highest BCUT2D eigenvalue weighted by Crippen LogP contribution is 2.32. The summed E-state index contributed by atoms with van der Waals surface area (Å²) in [4.78, 5) is 28.0. The summed E-state index contributed by atoms with van der Waals surface area (Å²) in [6.07, 6.45) is 3.15. The monoisotopic (exact) mass is 470 g/mol. The fourth-order valence-corrected chi connectivity index (χ4v) is 4.40. The molecule has 1 aliphatic rings. The molecule has 3 aromatic carbocycles. The average Bonchev–Trinajstić information content (AvgIpc) is 3.27. The van der Waals surface area contributed by atoms with Gasteiger partial charge in [0.05, 0.1) is 10.6 Å². The number of nitro benzene ring substituents is 1. The van der Waals surface area contributed by atoms with Crippen LogP contribution in [-0.2, 0) is 0 Å². The molecule has 1 fully saturated rings. The topological polar surface area (TPSA) is 106 Å². The maximum Gasteiger partial charge on any atom is 0.293 e. The number of nitro groups is 1. The van der Waals surface area contributed by atoms with Crippen molar-refractivity contribution in [3.63, 3.8) is 0 Å². The minimum absolute atomic E-state index is 0.0484. The Labute approximate surface area is 202 Å². The molecule has 1 N–H and O–H groups in total. The molecule has 178 valence electrons. The molecule has 9 heteroatoms. The molecule has 1 aromatic heterocycles. The van der Waals surface area contributed by atoms with E-state index in [4.69, 9.17) is 0 Å². The Balaban J connectivity index is 1.41. The van der Waals surface area contributed by atoms with Crippen molar-refractivity contribution in [2.24, 2.45) is 0 Å². The molecule has 1 saturated heterocycles. The summed E-state index contributed by atoms with van der Waals surface area (Å²) >= 11 is 0. The van der Waals surface area contributed by atoms with Gasteiger partial charge in [0, 0.05) is 30.4 Å². The maximum absolute atomic E-state index is 13.0. The minimum Gasteiger partial charge on any atom is -0.366 e. The Morgan fingerprint density at radius 2 is 1.63 bits per heavy atom. The van der Waals surface area contributed by atoms with Gasteiger partial charge in [0.1, 0.15) is 16.7 Å². The summed E-state index contributed by atoms with van der Waals surface area (Å²) in [5, 5.41) is 23.8. The van der Waals surface area contributed by atoms with Crippen LogP contribution in [0, 0.1) is 24.0 Å². The number of carbonyl (C=O) groups excluding carboxylic acids is 1. The van der Waals surface area contributed by atoms with Gasteiger partial charge in [0.25, 0.3) is 11.6 Å².